The second kappa shape index (κ2) is 7.61. The van der Waals surface area contributed by atoms with Crippen LogP contribution < -0.4 is 10.1 Å². The van der Waals surface area contributed by atoms with Crippen molar-refractivity contribution in [1.29, 1.82) is 0 Å². The molecule has 0 atom stereocenters. The lowest BCUT2D eigenvalue weighted by Crippen LogP contribution is -2.28. The second-order valence-electron chi connectivity index (χ2n) is 5.59. The first-order valence-electron chi connectivity index (χ1n) is 8.00. The van der Waals surface area contributed by atoms with Gasteiger partial charge in [-0.15, -0.1) is 10.2 Å². The number of carbonyl (C=O) groups is 1. The summed E-state index contributed by atoms with van der Waals surface area (Å²) in [7, 11) is 0. The molecule has 25 heavy (non-hydrogen) atoms. The van der Waals surface area contributed by atoms with Crippen LogP contribution in [0, 0.1) is 13.8 Å². The van der Waals surface area contributed by atoms with E-state index in [9.17, 15) is 4.79 Å². The smallest absolute Gasteiger partial charge is 0.252 e. The van der Waals surface area contributed by atoms with E-state index in [-0.39, 0.29) is 5.91 Å². The summed E-state index contributed by atoms with van der Waals surface area (Å²) in [6, 6.07) is 14.9. The van der Waals surface area contributed by atoms with Crippen molar-refractivity contribution in [1.82, 2.24) is 15.5 Å². The topological polar surface area (TPSA) is 77.2 Å². The molecule has 0 aliphatic rings. The highest BCUT2D eigenvalue weighted by molar-refractivity contribution is 5.99. The standard InChI is InChI=1S/C19H19N3O3/c1-13-7-9-15(10-8-13)24-12-11-20-18(23)16-5-3-4-6-17(16)19-22-21-14(2)25-19/h3-10H,11-12H2,1-2H3,(H,20,23). The molecular formula is C19H19N3O3. The highest BCUT2D eigenvalue weighted by Gasteiger charge is 2.16. The van der Waals surface area contributed by atoms with Crippen molar-refractivity contribution in [2.24, 2.45) is 0 Å². The molecule has 0 fully saturated rings. The number of nitrogens with zero attached hydrogens (tertiary/aromatic N) is 2. The minimum atomic E-state index is -0.209. The molecule has 1 heterocycles. The zero-order valence-electron chi connectivity index (χ0n) is 14.2. The maximum absolute atomic E-state index is 12.4. The van der Waals surface area contributed by atoms with Crippen LogP contribution in [-0.2, 0) is 0 Å². The third kappa shape index (κ3) is 4.23. The molecule has 0 saturated carbocycles. The van der Waals surface area contributed by atoms with E-state index in [0.29, 0.717) is 36.1 Å². The summed E-state index contributed by atoms with van der Waals surface area (Å²) in [5.41, 5.74) is 2.27. The largest absolute Gasteiger partial charge is 0.492 e. The molecule has 3 rings (SSSR count). The average Bonchev–Trinajstić information content (AvgIpc) is 3.06. The summed E-state index contributed by atoms with van der Waals surface area (Å²) < 4.78 is 11.0. The molecule has 3 aromatic rings. The van der Waals surface area contributed by atoms with Crippen molar-refractivity contribution in [3.05, 3.63) is 65.5 Å². The summed E-state index contributed by atoms with van der Waals surface area (Å²) in [6.07, 6.45) is 0. The Morgan fingerprint density at radius 1 is 1.08 bits per heavy atom. The lowest BCUT2D eigenvalue weighted by atomic mass is 10.1. The number of amides is 1. The fraction of sp³-hybridized carbons (Fsp3) is 0.211. The zero-order valence-corrected chi connectivity index (χ0v) is 14.2. The molecule has 1 aromatic heterocycles. The van der Waals surface area contributed by atoms with Gasteiger partial charge < -0.3 is 14.5 Å². The van der Waals surface area contributed by atoms with Gasteiger partial charge in [-0.3, -0.25) is 4.79 Å². The molecule has 0 bridgehead atoms. The van der Waals surface area contributed by atoms with Crippen LogP contribution in [-0.4, -0.2) is 29.3 Å². The SMILES string of the molecule is Cc1ccc(OCCNC(=O)c2ccccc2-c2nnc(C)o2)cc1. The molecule has 0 unspecified atom stereocenters. The van der Waals surface area contributed by atoms with Crippen molar-refractivity contribution >= 4 is 5.91 Å². The number of carbonyl (C=O) groups excluding carboxylic acids is 1. The van der Waals surface area contributed by atoms with Crippen LogP contribution in [0.15, 0.2) is 52.9 Å². The van der Waals surface area contributed by atoms with Crippen molar-refractivity contribution in [3.8, 4) is 17.2 Å². The number of benzene rings is 2. The maximum Gasteiger partial charge on any atom is 0.252 e. The van der Waals surface area contributed by atoms with Gasteiger partial charge >= 0.3 is 0 Å². The Morgan fingerprint density at radius 2 is 1.84 bits per heavy atom. The monoisotopic (exact) mass is 337 g/mol. The fourth-order valence-electron chi connectivity index (χ4n) is 2.34. The molecule has 0 saturated heterocycles. The quantitative estimate of drug-likeness (QED) is 0.699. The van der Waals surface area contributed by atoms with E-state index in [0.717, 1.165) is 5.75 Å². The molecule has 1 amide bonds. The minimum Gasteiger partial charge on any atom is -0.492 e. The van der Waals surface area contributed by atoms with E-state index in [1.54, 1.807) is 25.1 Å². The van der Waals surface area contributed by atoms with E-state index in [1.807, 2.05) is 37.3 Å². The first-order chi connectivity index (χ1) is 12.1. The van der Waals surface area contributed by atoms with Crippen molar-refractivity contribution in [2.75, 3.05) is 13.2 Å². The molecule has 2 aromatic carbocycles. The van der Waals surface area contributed by atoms with Crippen molar-refractivity contribution in [3.63, 3.8) is 0 Å². The average molecular weight is 337 g/mol. The lowest BCUT2D eigenvalue weighted by Gasteiger charge is -2.09. The van der Waals surface area contributed by atoms with Gasteiger partial charge in [-0.1, -0.05) is 29.8 Å². The maximum atomic E-state index is 12.4. The van der Waals surface area contributed by atoms with Crippen LogP contribution in [0.25, 0.3) is 11.5 Å². The van der Waals surface area contributed by atoms with Gasteiger partial charge in [0.15, 0.2) is 0 Å². The Bertz CT molecular complexity index is 856. The molecule has 0 spiro atoms. The Morgan fingerprint density at radius 3 is 2.56 bits per heavy atom. The number of hydrogen-bond donors (Lipinski definition) is 1. The fourth-order valence-corrected chi connectivity index (χ4v) is 2.34. The Labute approximate surface area is 145 Å². The van der Waals surface area contributed by atoms with Crippen LogP contribution in [0.2, 0.25) is 0 Å². The molecule has 0 aliphatic heterocycles. The van der Waals surface area contributed by atoms with Gasteiger partial charge in [0.25, 0.3) is 5.91 Å². The number of rotatable bonds is 6. The van der Waals surface area contributed by atoms with Crippen LogP contribution in [0.3, 0.4) is 0 Å². The molecule has 0 aliphatic carbocycles. The first-order valence-corrected chi connectivity index (χ1v) is 8.00. The second-order valence-corrected chi connectivity index (χ2v) is 5.59. The lowest BCUT2D eigenvalue weighted by molar-refractivity contribution is 0.0947. The third-order valence-electron chi connectivity index (χ3n) is 3.61. The van der Waals surface area contributed by atoms with Gasteiger partial charge in [0, 0.05) is 6.92 Å². The van der Waals surface area contributed by atoms with E-state index < -0.39 is 0 Å². The summed E-state index contributed by atoms with van der Waals surface area (Å²) in [6.45, 7) is 4.51. The predicted molar refractivity (Wildman–Crippen MR) is 93.5 cm³/mol. The molecule has 6 heteroatoms. The first kappa shape index (κ1) is 16.7. The summed E-state index contributed by atoms with van der Waals surface area (Å²) >= 11 is 0. The van der Waals surface area contributed by atoms with E-state index in [1.165, 1.54) is 5.56 Å². The number of nitrogens with one attached hydrogen (secondary N) is 1. The molecule has 6 nitrogen and oxygen atoms in total. The van der Waals surface area contributed by atoms with Gasteiger partial charge in [-0.05, 0) is 31.2 Å². The van der Waals surface area contributed by atoms with Gasteiger partial charge in [0.1, 0.15) is 12.4 Å². The highest BCUT2D eigenvalue weighted by Crippen LogP contribution is 2.22. The van der Waals surface area contributed by atoms with E-state index in [2.05, 4.69) is 15.5 Å². The van der Waals surface area contributed by atoms with Gasteiger partial charge in [-0.25, -0.2) is 0 Å². The Kier molecular flexibility index (Phi) is 5.09. The van der Waals surface area contributed by atoms with Crippen LogP contribution in [0.5, 0.6) is 5.75 Å². The summed E-state index contributed by atoms with van der Waals surface area (Å²) in [5, 5.41) is 10.6. The Balaban J connectivity index is 1.59. The molecule has 1 N–H and O–H groups in total. The molecule has 0 radical (unpaired) electrons. The van der Waals surface area contributed by atoms with E-state index >= 15 is 0 Å². The van der Waals surface area contributed by atoms with E-state index in [4.69, 9.17) is 9.15 Å². The van der Waals surface area contributed by atoms with Crippen LogP contribution >= 0.6 is 0 Å². The van der Waals surface area contributed by atoms with Gasteiger partial charge in [0.2, 0.25) is 11.8 Å². The predicted octanol–water partition coefficient (Wildman–Crippen LogP) is 3.16. The summed E-state index contributed by atoms with van der Waals surface area (Å²) in [5.74, 6) is 1.36. The molecule has 128 valence electrons. The normalized spacial score (nSPS) is 10.5. The van der Waals surface area contributed by atoms with Crippen molar-refractivity contribution in [2.45, 2.75) is 13.8 Å². The van der Waals surface area contributed by atoms with Crippen LogP contribution in [0.1, 0.15) is 21.8 Å². The number of ether oxygens (including phenoxy) is 1. The third-order valence-corrected chi connectivity index (χ3v) is 3.61. The Hall–Kier alpha value is -3.15. The van der Waals surface area contributed by atoms with Crippen LogP contribution in [0.4, 0.5) is 0 Å². The molecular weight excluding hydrogens is 318 g/mol. The minimum absolute atomic E-state index is 0.209. The highest BCUT2D eigenvalue weighted by atomic mass is 16.5. The number of aromatic nitrogens is 2. The van der Waals surface area contributed by atoms with Gasteiger partial charge in [-0.2, -0.15) is 0 Å². The van der Waals surface area contributed by atoms with Gasteiger partial charge in [0.05, 0.1) is 17.7 Å². The summed E-state index contributed by atoms with van der Waals surface area (Å²) in [4.78, 5) is 12.4. The number of aryl methyl sites for hydroxylation is 2. The number of hydrogen-bond acceptors (Lipinski definition) is 5. The zero-order chi connectivity index (χ0) is 17.6. The van der Waals surface area contributed by atoms with Crippen molar-refractivity contribution < 1.29 is 13.9 Å².